The first-order chi connectivity index (χ1) is 16.1. The molecule has 0 unspecified atom stereocenters. The lowest BCUT2D eigenvalue weighted by Gasteiger charge is -2.16. The number of para-hydroxylation sites is 1. The molecular formula is C24H22N8O. The molecule has 1 atom stereocenters. The second kappa shape index (κ2) is 8.62. The number of benzene rings is 1. The van der Waals surface area contributed by atoms with Crippen LogP contribution in [0.5, 0.6) is 0 Å². The predicted octanol–water partition coefficient (Wildman–Crippen LogP) is 3.31. The van der Waals surface area contributed by atoms with E-state index in [4.69, 9.17) is 0 Å². The van der Waals surface area contributed by atoms with Crippen LogP contribution in [0.2, 0.25) is 0 Å². The summed E-state index contributed by atoms with van der Waals surface area (Å²) >= 11 is 0. The number of fused-ring (bicyclic) bond motifs is 2. The van der Waals surface area contributed by atoms with Gasteiger partial charge < -0.3 is 10.6 Å². The highest BCUT2D eigenvalue weighted by molar-refractivity contribution is 6.06. The number of aromatic nitrogens is 6. The van der Waals surface area contributed by atoms with Crippen LogP contribution in [0.4, 0.5) is 5.82 Å². The summed E-state index contributed by atoms with van der Waals surface area (Å²) in [6, 6.07) is 9.58. The van der Waals surface area contributed by atoms with Gasteiger partial charge in [-0.3, -0.25) is 14.2 Å². The maximum absolute atomic E-state index is 12.3. The third kappa shape index (κ3) is 3.96. The van der Waals surface area contributed by atoms with Crippen LogP contribution in [0.1, 0.15) is 28.8 Å². The van der Waals surface area contributed by atoms with Gasteiger partial charge in [-0.15, -0.1) is 0 Å². The molecule has 0 saturated carbocycles. The normalized spacial score (nSPS) is 12.1. The van der Waals surface area contributed by atoms with Crippen LogP contribution in [0.25, 0.3) is 27.8 Å². The zero-order chi connectivity index (χ0) is 22.8. The van der Waals surface area contributed by atoms with Gasteiger partial charge in [0.05, 0.1) is 23.0 Å². The number of rotatable bonds is 6. The van der Waals surface area contributed by atoms with Crippen LogP contribution in [0.15, 0.2) is 67.8 Å². The molecule has 0 aliphatic heterocycles. The van der Waals surface area contributed by atoms with Crippen LogP contribution in [0, 0.1) is 0 Å². The van der Waals surface area contributed by atoms with Crippen LogP contribution >= 0.6 is 0 Å². The summed E-state index contributed by atoms with van der Waals surface area (Å²) in [7, 11) is 1.63. The molecule has 4 aromatic heterocycles. The van der Waals surface area contributed by atoms with E-state index in [0.717, 1.165) is 39.2 Å². The molecule has 0 bridgehead atoms. The van der Waals surface area contributed by atoms with Crippen molar-refractivity contribution in [3.8, 4) is 11.3 Å². The number of hydrogen-bond donors (Lipinski definition) is 2. The Morgan fingerprint density at radius 3 is 2.91 bits per heavy atom. The van der Waals surface area contributed by atoms with E-state index in [-0.39, 0.29) is 11.8 Å². The van der Waals surface area contributed by atoms with Crippen molar-refractivity contribution < 1.29 is 4.79 Å². The molecule has 0 radical (unpaired) electrons. The Bertz CT molecular complexity index is 1460. The Hall–Kier alpha value is -4.40. The molecule has 5 aromatic rings. The molecule has 5 rings (SSSR count). The van der Waals surface area contributed by atoms with Crippen molar-refractivity contribution in [2.24, 2.45) is 0 Å². The molecule has 1 amide bonds. The van der Waals surface area contributed by atoms with Gasteiger partial charge in [0, 0.05) is 55.1 Å². The van der Waals surface area contributed by atoms with Gasteiger partial charge in [0.1, 0.15) is 18.5 Å². The molecule has 164 valence electrons. The molecule has 9 nitrogen and oxygen atoms in total. The Kier molecular flexibility index (Phi) is 5.35. The van der Waals surface area contributed by atoms with E-state index < -0.39 is 0 Å². The summed E-state index contributed by atoms with van der Waals surface area (Å²) in [4.78, 5) is 34.1. The standard InChI is InChI=1S/C24H22N8O/c1-15(17-4-3-5-18-19(24(33)25-2)6-7-27-23(17)18)9-28-21-8-20(30-13-31-21)16-10-29-22-11-26-14-32(22)12-16/h3-8,10-15H,9H2,1-2H3,(H,25,33)(H,28,30,31)/t15-/m0/s1. The molecule has 33 heavy (non-hydrogen) atoms. The highest BCUT2D eigenvalue weighted by atomic mass is 16.1. The van der Waals surface area contributed by atoms with Crippen molar-refractivity contribution in [1.29, 1.82) is 0 Å². The van der Waals surface area contributed by atoms with Crippen molar-refractivity contribution in [2.75, 3.05) is 18.9 Å². The fourth-order valence-electron chi connectivity index (χ4n) is 3.86. The number of imidazole rings is 1. The fourth-order valence-corrected chi connectivity index (χ4v) is 3.86. The number of nitrogens with one attached hydrogen (secondary N) is 2. The molecule has 0 fully saturated rings. The second-order valence-corrected chi connectivity index (χ2v) is 7.75. The van der Waals surface area contributed by atoms with Gasteiger partial charge in [-0.2, -0.15) is 0 Å². The minimum Gasteiger partial charge on any atom is -0.369 e. The molecule has 0 spiro atoms. The lowest BCUT2D eigenvalue weighted by Crippen LogP contribution is -2.18. The zero-order valence-electron chi connectivity index (χ0n) is 18.2. The van der Waals surface area contributed by atoms with E-state index in [1.165, 1.54) is 6.33 Å². The SMILES string of the molecule is CNC(=O)c1ccnc2c([C@@H](C)CNc3cc(-c4cnc5cncn5c4)ncn3)cccc12. The Morgan fingerprint density at radius 2 is 2.03 bits per heavy atom. The third-order valence-electron chi connectivity index (χ3n) is 5.62. The molecule has 0 aliphatic rings. The minimum absolute atomic E-state index is 0.123. The van der Waals surface area contributed by atoms with Crippen LogP contribution < -0.4 is 10.6 Å². The number of carbonyl (C=O) groups excluding carboxylic acids is 1. The summed E-state index contributed by atoms with van der Waals surface area (Å²) in [6.45, 7) is 2.76. The minimum atomic E-state index is -0.123. The first-order valence-electron chi connectivity index (χ1n) is 10.6. The van der Waals surface area contributed by atoms with Crippen LogP contribution in [-0.4, -0.2) is 48.8 Å². The van der Waals surface area contributed by atoms with Gasteiger partial charge >= 0.3 is 0 Å². The topological polar surface area (TPSA) is 110 Å². The Labute approximate surface area is 190 Å². The Morgan fingerprint density at radius 1 is 1.12 bits per heavy atom. The lowest BCUT2D eigenvalue weighted by atomic mass is 9.96. The van der Waals surface area contributed by atoms with E-state index in [1.54, 1.807) is 38.0 Å². The molecule has 0 saturated heterocycles. The maximum atomic E-state index is 12.3. The van der Waals surface area contributed by atoms with Gasteiger partial charge in [0.25, 0.3) is 5.91 Å². The molecular weight excluding hydrogens is 416 g/mol. The van der Waals surface area contributed by atoms with Crippen molar-refractivity contribution >= 4 is 28.3 Å². The smallest absolute Gasteiger partial charge is 0.251 e. The Balaban J connectivity index is 1.37. The van der Waals surface area contributed by atoms with E-state index in [0.29, 0.717) is 12.1 Å². The van der Waals surface area contributed by atoms with Crippen molar-refractivity contribution in [3.05, 3.63) is 78.9 Å². The molecule has 4 heterocycles. The van der Waals surface area contributed by atoms with Gasteiger partial charge in [-0.1, -0.05) is 25.1 Å². The number of hydrogen-bond acceptors (Lipinski definition) is 7. The zero-order valence-corrected chi connectivity index (χ0v) is 18.2. The van der Waals surface area contributed by atoms with Crippen molar-refractivity contribution in [3.63, 3.8) is 0 Å². The summed E-state index contributed by atoms with van der Waals surface area (Å²) < 4.78 is 1.85. The summed E-state index contributed by atoms with van der Waals surface area (Å²) in [5.41, 5.74) is 4.94. The fraction of sp³-hybridized carbons (Fsp3) is 0.167. The third-order valence-corrected chi connectivity index (χ3v) is 5.62. The van der Waals surface area contributed by atoms with E-state index >= 15 is 0 Å². The summed E-state index contributed by atoms with van der Waals surface area (Å²) in [5, 5.41) is 6.93. The lowest BCUT2D eigenvalue weighted by molar-refractivity contribution is 0.0964. The van der Waals surface area contributed by atoms with Crippen LogP contribution in [-0.2, 0) is 0 Å². The highest BCUT2D eigenvalue weighted by Gasteiger charge is 2.15. The number of carbonyl (C=O) groups is 1. The largest absolute Gasteiger partial charge is 0.369 e. The average Bonchev–Trinajstić information content (AvgIpc) is 3.34. The predicted molar refractivity (Wildman–Crippen MR) is 126 cm³/mol. The average molecular weight is 438 g/mol. The first-order valence-corrected chi connectivity index (χ1v) is 10.6. The molecule has 1 aromatic carbocycles. The van der Waals surface area contributed by atoms with E-state index in [1.807, 2.05) is 34.9 Å². The van der Waals surface area contributed by atoms with Crippen molar-refractivity contribution in [1.82, 2.24) is 34.6 Å². The highest BCUT2D eigenvalue weighted by Crippen LogP contribution is 2.27. The number of amides is 1. The van der Waals surface area contributed by atoms with E-state index in [2.05, 4.69) is 42.5 Å². The molecule has 2 N–H and O–H groups in total. The van der Waals surface area contributed by atoms with Gasteiger partial charge in [-0.25, -0.2) is 19.9 Å². The number of pyridine rings is 1. The van der Waals surface area contributed by atoms with Crippen LogP contribution in [0.3, 0.4) is 0 Å². The van der Waals surface area contributed by atoms with Gasteiger partial charge in [-0.05, 0) is 11.6 Å². The number of nitrogens with zero attached hydrogens (tertiary/aromatic N) is 6. The number of anilines is 1. The first kappa shape index (κ1) is 20.5. The van der Waals surface area contributed by atoms with Crippen molar-refractivity contribution in [2.45, 2.75) is 12.8 Å². The van der Waals surface area contributed by atoms with Gasteiger partial charge in [0.15, 0.2) is 5.65 Å². The molecule has 0 aliphatic carbocycles. The van der Waals surface area contributed by atoms with E-state index in [9.17, 15) is 4.79 Å². The summed E-state index contributed by atoms with van der Waals surface area (Å²) in [5.74, 6) is 0.725. The van der Waals surface area contributed by atoms with Gasteiger partial charge in [0.2, 0.25) is 0 Å². The summed E-state index contributed by atoms with van der Waals surface area (Å²) in [6.07, 6.45) is 10.3. The second-order valence-electron chi connectivity index (χ2n) is 7.75. The molecule has 9 heteroatoms. The quantitative estimate of drug-likeness (QED) is 0.418. The monoisotopic (exact) mass is 438 g/mol. The maximum Gasteiger partial charge on any atom is 0.251 e.